The van der Waals surface area contributed by atoms with Crippen LogP contribution in [-0.4, -0.2) is 30.2 Å². The van der Waals surface area contributed by atoms with Crippen molar-refractivity contribution in [1.82, 2.24) is 4.98 Å². The van der Waals surface area contributed by atoms with Crippen LogP contribution in [0.25, 0.3) is 0 Å². The van der Waals surface area contributed by atoms with Gasteiger partial charge >= 0.3 is 0 Å². The Balaban J connectivity index is 2.34. The Hall–Kier alpha value is -2.70. The summed E-state index contributed by atoms with van der Waals surface area (Å²) in [5, 5.41) is 9.56. The molecule has 0 aliphatic carbocycles. The first-order valence-electron chi connectivity index (χ1n) is 5.90. The minimum atomic E-state index is -1.13. The van der Waals surface area contributed by atoms with Crippen molar-refractivity contribution in [3.05, 3.63) is 47.7 Å². The average molecular weight is 294 g/mol. The number of amides is 1. The van der Waals surface area contributed by atoms with E-state index in [9.17, 15) is 18.7 Å². The van der Waals surface area contributed by atoms with Gasteiger partial charge in [0.05, 0.1) is 19.0 Å². The summed E-state index contributed by atoms with van der Waals surface area (Å²) in [7, 11) is 2.83. The van der Waals surface area contributed by atoms with Crippen molar-refractivity contribution in [2.75, 3.05) is 19.1 Å². The largest absolute Gasteiger partial charge is 0.507 e. The highest BCUT2D eigenvalue weighted by molar-refractivity contribution is 6.07. The molecule has 0 saturated heterocycles. The number of anilines is 1. The monoisotopic (exact) mass is 294 g/mol. The van der Waals surface area contributed by atoms with Crippen LogP contribution in [0.3, 0.4) is 0 Å². The fourth-order valence-corrected chi connectivity index (χ4v) is 1.75. The van der Waals surface area contributed by atoms with Crippen molar-refractivity contribution in [2.24, 2.45) is 0 Å². The van der Waals surface area contributed by atoms with E-state index in [1.807, 2.05) is 0 Å². The number of carbonyl (C=O) groups is 1. The van der Waals surface area contributed by atoms with Crippen LogP contribution in [0, 0.1) is 11.6 Å². The van der Waals surface area contributed by atoms with E-state index in [1.54, 1.807) is 6.07 Å². The van der Waals surface area contributed by atoms with Gasteiger partial charge in [0.1, 0.15) is 22.9 Å². The number of methoxy groups -OCH3 is 1. The molecule has 7 heteroatoms. The number of carbonyl (C=O) groups excluding carboxylic acids is 1. The third-order valence-corrected chi connectivity index (χ3v) is 2.87. The first-order chi connectivity index (χ1) is 9.93. The zero-order valence-electron chi connectivity index (χ0n) is 11.3. The molecule has 21 heavy (non-hydrogen) atoms. The second kappa shape index (κ2) is 5.74. The molecule has 0 saturated carbocycles. The summed E-state index contributed by atoms with van der Waals surface area (Å²) in [6.07, 6.45) is 1.36. The van der Waals surface area contributed by atoms with Gasteiger partial charge in [-0.1, -0.05) is 0 Å². The predicted molar refractivity (Wildman–Crippen MR) is 71.5 cm³/mol. The molecule has 1 aromatic heterocycles. The van der Waals surface area contributed by atoms with Crippen LogP contribution in [0.2, 0.25) is 0 Å². The van der Waals surface area contributed by atoms with Crippen LogP contribution in [0.15, 0.2) is 30.5 Å². The molecule has 1 heterocycles. The van der Waals surface area contributed by atoms with Gasteiger partial charge < -0.3 is 14.7 Å². The highest BCUT2D eigenvalue weighted by atomic mass is 19.1. The lowest BCUT2D eigenvalue weighted by atomic mass is 10.1. The van der Waals surface area contributed by atoms with Crippen molar-refractivity contribution in [3.63, 3.8) is 0 Å². The normalized spacial score (nSPS) is 10.3. The maximum absolute atomic E-state index is 13.7. The minimum absolute atomic E-state index is 0.357. The molecule has 0 atom stereocenters. The van der Waals surface area contributed by atoms with Crippen molar-refractivity contribution >= 4 is 11.6 Å². The Morgan fingerprint density at radius 1 is 1.33 bits per heavy atom. The highest BCUT2D eigenvalue weighted by Crippen LogP contribution is 2.25. The molecule has 0 radical (unpaired) electrons. The molecule has 1 aromatic carbocycles. The second-order valence-electron chi connectivity index (χ2n) is 4.20. The smallest absolute Gasteiger partial charge is 0.264 e. The van der Waals surface area contributed by atoms with Crippen LogP contribution in [0.1, 0.15) is 10.4 Å². The van der Waals surface area contributed by atoms with Crippen LogP contribution < -0.4 is 9.64 Å². The first-order valence-corrected chi connectivity index (χ1v) is 5.90. The third kappa shape index (κ3) is 2.91. The Bertz CT molecular complexity index is 651. The molecular formula is C14H12F2N2O3. The lowest BCUT2D eigenvalue weighted by molar-refractivity contribution is 0.0986. The first kappa shape index (κ1) is 14.7. The number of pyridine rings is 1. The number of nitrogens with zero attached hydrogens (tertiary/aromatic N) is 2. The predicted octanol–water partition coefficient (Wildman–Crippen LogP) is 2.35. The molecule has 5 nitrogen and oxygen atoms in total. The second-order valence-corrected chi connectivity index (χ2v) is 4.20. The Labute approximate surface area is 119 Å². The maximum atomic E-state index is 13.7. The van der Waals surface area contributed by atoms with Gasteiger partial charge in [-0.15, -0.1) is 0 Å². The van der Waals surface area contributed by atoms with Gasteiger partial charge in [0.25, 0.3) is 5.91 Å². The van der Waals surface area contributed by atoms with E-state index in [4.69, 9.17) is 4.74 Å². The van der Waals surface area contributed by atoms with Crippen LogP contribution in [0.4, 0.5) is 14.5 Å². The van der Waals surface area contributed by atoms with E-state index in [1.165, 1.54) is 26.4 Å². The molecule has 0 spiro atoms. The van der Waals surface area contributed by atoms with Crippen LogP contribution >= 0.6 is 0 Å². The van der Waals surface area contributed by atoms with E-state index in [-0.39, 0.29) is 0 Å². The molecule has 0 unspecified atom stereocenters. The van der Waals surface area contributed by atoms with Gasteiger partial charge in [-0.25, -0.2) is 13.8 Å². The number of phenols is 1. The van der Waals surface area contributed by atoms with Gasteiger partial charge in [-0.3, -0.25) is 4.79 Å². The Morgan fingerprint density at radius 3 is 2.57 bits per heavy atom. The summed E-state index contributed by atoms with van der Waals surface area (Å²) >= 11 is 0. The summed E-state index contributed by atoms with van der Waals surface area (Å²) in [6, 6.07) is 4.28. The summed E-state index contributed by atoms with van der Waals surface area (Å²) in [5.74, 6) is -3.32. The fourth-order valence-electron chi connectivity index (χ4n) is 1.75. The van der Waals surface area contributed by atoms with Crippen LogP contribution in [-0.2, 0) is 0 Å². The molecule has 0 aliphatic heterocycles. The Kier molecular flexibility index (Phi) is 4.02. The maximum Gasteiger partial charge on any atom is 0.264 e. The molecule has 2 rings (SSSR count). The summed E-state index contributed by atoms with van der Waals surface area (Å²) in [5.41, 5.74) is -0.237. The summed E-state index contributed by atoms with van der Waals surface area (Å²) in [6.45, 7) is 0. The third-order valence-electron chi connectivity index (χ3n) is 2.87. The summed E-state index contributed by atoms with van der Waals surface area (Å²) in [4.78, 5) is 17.2. The van der Waals surface area contributed by atoms with Crippen molar-refractivity contribution in [1.29, 1.82) is 0 Å². The van der Waals surface area contributed by atoms with E-state index in [0.29, 0.717) is 23.7 Å². The van der Waals surface area contributed by atoms with Gasteiger partial charge in [0.15, 0.2) is 0 Å². The number of rotatable bonds is 3. The van der Waals surface area contributed by atoms with Crippen LogP contribution in [0.5, 0.6) is 11.6 Å². The van der Waals surface area contributed by atoms with Crippen molar-refractivity contribution in [2.45, 2.75) is 0 Å². The number of benzene rings is 1. The SMILES string of the molecule is COc1ccc(N(C)C(=O)c2c(O)cc(F)cc2F)cn1. The number of aromatic nitrogens is 1. The van der Waals surface area contributed by atoms with Gasteiger partial charge in [0, 0.05) is 25.2 Å². The molecule has 1 amide bonds. The Morgan fingerprint density at radius 2 is 2.05 bits per heavy atom. The van der Waals surface area contributed by atoms with Gasteiger partial charge in [0.2, 0.25) is 5.88 Å². The fraction of sp³-hybridized carbons (Fsp3) is 0.143. The number of hydrogen-bond acceptors (Lipinski definition) is 4. The quantitative estimate of drug-likeness (QED) is 0.944. The number of aromatic hydroxyl groups is 1. The number of halogens is 2. The lowest BCUT2D eigenvalue weighted by Gasteiger charge is -2.18. The number of hydrogen-bond donors (Lipinski definition) is 1. The zero-order valence-corrected chi connectivity index (χ0v) is 11.3. The average Bonchev–Trinajstić information content (AvgIpc) is 2.45. The lowest BCUT2D eigenvalue weighted by Crippen LogP contribution is -2.27. The van der Waals surface area contributed by atoms with E-state index < -0.39 is 28.9 Å². The number of phenolic OH excluding ortho intramolecular Hbond substituents is 1. The molecular weight excluding hydrogens is 282 g/mol. The highest BCUT2D eigenvalue weighted by Gasteiger charge is 2.22. The standard InChI is InChI=1S/C14H12F2N2O3/c1-18(9-3-4-12(21-2)17-7-9)14(20)13-10(16)5-8(15)6-11(13)19/h3-7,19H,1-2H3. The van der Waals surface area contributed by atoms with E-state index in [2.05, 4.69) is 4.98 Å². The minimum Gasteiger partial charge on any atom is -0.507 e. The molecule has 0 aliphatic rings. The van der Waals surface area contributed by atoms with Crippen molar-refractivity contribution < 1.29 is 23.4 Å². The van der Waals surface area contributed by atoms with E-state index >= 15 is 0 Å². The molecule has 2 aromatic rings. The molecule has 0 fully saturated rings. The topological polar surface area (TPSA) is 62.7 Å². The van der Waals surface area contributed by atoms with Gasteiger partial charge in [-0.05, 0) is 6.07 Å². The summed E-state index contributed by atoms with van der Waals surface area (Å²) < 4.78 is 31.5. The number of ether oxygens (including phenoxy) is 1. The molecule has 1 N–H and O–H groups in total. The van der Waals surface area contributed by atoms with Crippen molar-refractivity contribution in [3.8, 4) is 11.6 Å². The zero-order chi connectivity index (χ0) is 15.6. The molecule has 0 bridgehead atoms. The van der Waals surface area contributed by atoms with E-state index in [0.717, 1.165) is 4.90 Å². The molecule has 110 valence electrons. The van der Waals surface area contributed by atoms with Gasteiger partial charge in [-0.2, -0.15) is 0 Å².